The van der Waals surface area contributed by atoms with Gasteiger partial charge in [-0.2, -0.15) is 0 Å². The topological polar surface area (TPSA) is 79.6 Å². The van der Waals surface area contributed by atoms with Crippen molar-refractivity contribution in [2.45, 2.75) is 20.4 Å². The van der Waals surface area contributed by atoms with Crippen LogP contribution in [-0.4, -0.2) is 17.7 Å². The molecule has 1 aliphatic heterocycles. The zero-order chi connectivity index (χ0) is 19.8. The number of nitrogens with zero attached hydrogens (tertiary/aromatic N) is 1. The number of amides is 3. The van der Waals surface area contributed by atoms with Crippen LogP contribution in [-0.2, 0) is 6.54 Å². The zero-order valence-corrected chi connectivity index (χ0v) is 15.5. The maximum absolute atomic E-state index is 12.9. The third-order valence-corrected chi connectivity index (χ3v) is 4.90. The van der Waals surface area contributed by atoms with Gasteiger partial charge in [-0.15, -0.1) is 0 Å². The lowest BCUT2D eigenvalue weighted by molar-refractivity contribution is 0.0923. The molecular formula is C22H18N2O4. The molecule has 6 nitrogen and oxygen atoms in total. The molecule has 0 spiro atoms. The summed E-state index contributed by atoms with van der Waals surface area (Å²) in [6.45, 7) is 4.14. The van der Waals surface area contributed by atoms with Crippen molar-refractivity contribution in [1.29, 1.82) is 0 Å². The van der Waals surface area contributed by atoms with Gasteiger partial charge < -0.3 is 9.73 Å². The Morgan fingerprint density at radius 2 is 1.75 bits per heavy atom. The number of carbonyl (C=O) groups is 3. The van der Waals surface area contributed by atoms with Gasteiger partial charge >= 0.3 is 0 Å². The number of nitrogens with one attached hydrogen (secondary N) is 1. The van der Waals surface area contributed by atoms with Crippen LogP contribution in [0.15, 0.2) is 59.2 Å². The molecule has 0 aliphatic carbocycles. The standard InChI is InChI=1S/C22H18N2O4/c1-13-5-7-16(10-14(13)2)24-21(26)18-8-6-15(11-19(18)22(24)27)20(25)23-12-17-4-3-9-28-17/h3-11H,12H2,1-2H3,(H,23,25). The molecule has 1 N–H and O–H groups in total. The fourth-order valence-corrected chi connectivity index (χ4v) is 3.16. The fraction of sp³-hybridized carbons (Fsp3) is 0.136. The third kappa shape index (κ3) is 2.99. The van der Waals surface area contributed by atoms with Crippen molar-refractivity contribution in [2.24, 2.45) is 0 Å². The summed E-state index contributed by atoms with van der Waals surface area (Å²) in [6, 6.07) is 13.5. The van der Waals surface area contributed by atoms with E-state index in [0.29, 0.717) is 22.6 Å². The highest BCUT2D eigenvalue weighted by Crippen LogP contribution is 2.30. The largest absolute Gasteiger partial charge is 0.467 e. The Kier molecular flexibility index (Phi) is 4.31. The Hall–Kier alpha value is -3.67. The highest BCUT2D eigenvalue weighted by Gasteiger charge is 2.37. The number of imide groups is 1. The number of aryl methyl sites for hydroxylation is 2. The van der Waals surface area contributed by atoms with Crippen molar-refractivity contribution >= 4 is 23.4 Å². The minimum atomic E-state index is -0.427. The lowest BCUT2D eigenvalue weighted by atomic mass is 10.1. The van der Waals surface area contributed by atoms with Gasteiger partial charge in [0.15, 0.2) is 0 Å². The van der Waals surface area contributed by atoms with Crippen molar-refractivity contribution in [3.8, 4) is 0 Å². The van der Waals surface area contributed by atoms with Crippen LogP contribution in [0.3, 0.4) is 0 Å². The minimum Gasteiger partial charge on any atom is -0.467 e. The Morgan fingerprint density at radius 1 is 0.964 bits per heavy atom. The van der Waals surface area contributed by atoms with Crippen LogP contribution in [0, 0.1) is 13.8 Å². The first-order chi connectivity index (χ1) is 13.5. The number of furan rings is 1. The maximum atomic E-state index is 12.9. The Balaban J connectivity index is 1.60. The number of benzene rings is 2. The molecule has 0 atom stereocenters. The molecule has 0 radical (unpaired) electrons. The summed E-state index contributed by atoms with van der Waals surface area (Å²) in [4.78, 5) is 39.2. The number of anilines is 1. The van der Waals surface area contributed by atoms with E-state index in [0.717, 1.165) is 16.0 Å². The molecule has 4 rings (SSSR count). The average Bonchev–Trinajstić information content (AvgIpc) is 3.29. The summed E-state index contributed by atoms with van der Waals surface area (Å²) in [5.74, 6) is -0.527. The first-order valence-electron chi connectivity index (χ1n) is 8.86. The van der Waals surface area contributed by atoms with E-state index < -0.39 is 5.91 Å². The quantitative estimate of drug-likeness (QED) is 0.707. The molecule has 1 aliphatic rings. The molecule has 3 aromatic rings. The molecule has 0 saturated carbocycles. The van der Waals surface area contributed by atoms with Crippen molar-refractivity contribution in [3.05, 3.63) is 88.4 Å². The van der Waals surface area contributed by atoms with Gasteiger partial charge in [0.25, 0.3) is 17.7 Å². The highest BCUT2D eigenvalue weighted by atomic mass is 16.3. The van der Waals surface area contributed by atoms with Crippen molar-refractivity contribution in [1.82, 2.24) is 5.32 Å². The predicted molar refractivity (Wildman–Crippen MR) is 103 cm³/mol. The minimum absolute atomic E-state index is 0.230. The summed E-state index contributed by atoms with van der Waals surface area (Å²) >= 11 is 0. The first-order valence-corrected chi connectivity index (χ1v) is 8.86. The van der Waals surface area contributed by atoms with Crippen molar-refractivity contribution in [2.75, 3.05) is 4.90 Å². The van der Waals surface area contributed by atoms with Gasteiger partial charge in [0, 0.05) is 5.56 Å². The van der Waals surface area contributed by atoms with Crippen LogP contribution in [0.1, 0.15) is 48.0 Å². The summed E-state index contributed by atoms with van der Waals surface area (Å²) in [5.41, 5.74) is 3.44. The highest BCUT2D eigenvalue weighted by molar-refractivity contribution is 6.34. The lowest BCUT2D eigenvalue weighted by Gasteiger charge is -2.15. The second kappa shape index (κ2) is 6.81. The predicted octanol–water partition coefficient (Wildman–Crippen LogP) is 3.63. The van der Waals surface area contributed by atoms with E-state index in [1.165, 1.54) is 18.4 Å². The summed E-state index contributed by atoms with van der Waals surface area (Å²) < 4.78 is 5.19. The van der Waals surface area contributed by atoms with Gasteiger partial charge in [-0.3, -0.25) is 14.4 Å². The second-order valence-electron chi connectivity index (χ2n) is 6.74. The molecule has 0 bridgehead atoms. The molecule has 0 unspecified atom stereocenters. The molecule has 28 heavy (non-hydrogen) atoms. The van der Waals surface area contributed by atoms with Crippen molar-refractivity contribution < 1.29 is 18.8 Å². The van der Waals surface area contributed by atoms with E-state index in [2.05, 4.69) is 5.32 Å². The van der Waals surface area contributed by atoms with E-state index >= 15 is 0 Å². The van der Waals surface area contributed by atoms with Gasteiger partial charge in [0.1, 0.15) is 5.76 Å². The van der Waals surface area contributed by atoms with Gasteiger partial charge in [0.2, 0.25) is 0 Å². The van der Waals surface area contributed by atoms with Crippen LogP contribution in [0.5, 0.6) is 0 Å². The molecule has 6 heteroatoms. The van der Waals surface area contributed by atoms with Crippen LogP contribution in [0.4, 0.5) is 5.69 Å². The second-order valence-corrected chi connectivity index (χ2v) is 6.74. The lowest BCUT2D eigenvalue weighted by Crippen LogP contribution is -2.29. The van der Waals surface area contributed by atoms with Crippen LogP contribution < -0.4 is 10.2 Å². The first kappa shape index (κ1) is 17.7. The fourth-order valence-electron chi connectivity index (χ4n) is 3.16. The summed E-state index contributed by atoms with van der Waals surface area (Å²) in [6.07, 6.45) is 1.53. The Bertz CT molecular complexity index is 1100. The number of rotatable bonds is 4. The van der Waals surface area contributed by atoms with Gasteiger partial charge in [0.05, 0.1) is 29.6 Å². The van der Waals surface area contributed by atoms with E-state index in [9.17, 15) is 14.4 Å². The van der Waals surface area contributed by atoms with Gasteiger partial charge in [-0.1, -0.05) is 6.07 Å². The molecule has 2 aromatic carbocycles. The van der Waals surface area contributed by atoms with E-state index in [4.69, 9.17) is 4.42 Å². The normalized spacial score (nSPS) is 13.0. The zero-order valence-electron chi connectivity index (χ0n) is 15.5. The molecular weight excluding hydrogens is 356 g/mol. The van der Waals surface area contributed by atoms with E-state index in [1.807, 2.05) is 26.0 Å². The molecule has 3 amide bonds. The Labute approximate surface area is 161 Å². The number of hydrogen-bond acceptors (Lipinski definition) is 4. The Morgan fingerprint density at radius 3 is 2.46 bits per heavy atom. The van der Waals surface area contributed by atoms with Crippen molar-refractivity contribution in [3.63, 3.8) is 0 Å². The SMILES string of the molecule is Cc1ccc(N2C(=O)c3ccc(C(=O)NCc4ccco4)cc3C2=O)cc1C. The summed E-state index contributed by atoms with van der Waals surface area (Å²) in [5, 5.41) is 2.73. The molecule has 1 aromatic heterocycles. The van der Waals surface area contributed by atoms with Crippen LogP contribution in [0.25, 0.3) is 0 Å². The number of fused-ring (bicyclic) bond motifs is 1. The van der Waals surface area contributed by atoms with Crippen LogP contribution >= 0.6 is 0 Å². The van der Waals surface area contributed by atoms with Gasteiger partial charge in [-0.05, 0) is 67.4 Å². The van der Waals surface area contributed by atoms with Gasteiger partial charge in [-0.25, -0.2) is 4.90 Å². The molecule has 2 heterocycles. The summed E-state index contributed by atoms with van der Waals surface area (Å²) in [7, 11) is 0. The monoisotopic (exact) mass is 374 g/mol. The molecule has 140 valence electrons. The third-order valence-electron chi connectivity index (χ3n) is 4.90. The maximum Gasteiger partial charge on any atom is 0.266 e. The average molecular weight is 374 g/mol. The molecule has 0 fully saturated rings. The van der Waals surface area contributed by atoms with E-state index in [1.54, 1.807) is 24.3 Å². The number of carbonyl (C=O) groups excluding carboxylic acids is 3. The molecule has 0 saturated heterocycles. The van der Waals surface area contributed by atoms with E-state index in [-0.39, 0.29) is 23.9 Å². The smallest absolute Gasteiger partial charge is 0.266 e. The van der Waals surface area contributed by atoms with Crippen LogP contribution in [0.2, 0.25) is 0 Å². The number of hydrogen-bond donors (Lipinski definition) is 1.